The zero-order valence-corrected chi connectivity index (χ0v) is 22.0. The monoisotopic (exact) mass is 579 g/mol. The molecule has 2 fully saturated rings. The Morgan fingerprint density at radius 3 is 2.42 bits per heavy atom. The highest BCUT2D eigenvalue weighted by Crippen LogP contribution is 2.41. The van der Waals surface area contributed by atoms with E-state index in [4.69, 9.17) is 9.47 Å². The van der Waals surface area contributed by atoms with Crippen molar-refractivity contribution in [1.82, 2.24) is 9.80 Å². The van der Waals surface area contributed by atoms with Crippen LogP contribution in [0.15, 0.2) is 41.3 Å². The summed E-state index contributed by atoms with van der Waals surface area (Å²) in [6, 6.07) is 6.23. The van der Waals surface area contributed by atoms with Crippen molar-refractivity contribution in [2.75, 3.05) is 26.2 Å². The fourth-order valence-corrected chi connectivity index (χ4v) is 5.01. The van der Waals surface area contributed by atoms with Crippen molar-refractivity contribution in [2.24, 2.45) is 0 Å². The smallest absolute Gasteiger partial charge is 0.416 e. The van der Waals surface area contributed by atoms with Crippen molar-refractivity contribution < 1.29 is 42.0 Å². The lowest BCUT2D eigenvalue weighted by Crippen LogP contribution is -2.44. The third kappa shape index (κ3) is 6.55. The highest BCUT2D eigenvalue weighted by Gasteiger charge is 2.37. The number of ether oxygens (including phenoxy) is 2. The Labute approximate surface area is 230 Å². The van der Waals surface area contributed by atoms with Crippen LogP contribution in [0.2, 0.25) is 0 Å². The first kappa shape index (κ1) is 28.9. The molecule has 10 nitrogen and oxygen atoms in total. The zero-order valence-electron chi connectivity index (χ0n) is 21.2. The molecule has 0 radical (unpaired) electrons. The Morgan fingerprint density at radius 1 is 1.07 bits per heavy atom. The summed E-state index contributed by atoms with van der Waals surface area (Å²) in [6.45, 7) is 2.67. The van der Waals surface area contributed by atoms with Gasteiger partial charge in [-0.25, -0.2) is 0 Å². The number of nitro benzene ring substituents is 1. The topological polar surface area (TPSA) is 119 Å². The molecule has 0 unspecified atom stereocenters. The number of carbonyl (C=O) groups excluding carboxylic acids is 3. The average molecular weight is 580 g/mol. The average Bonchev–Trinajstić information content (AvgIpc) is 3.17. The van der Waals surface area contributed by atoms with E-state index in [0.29, 0.717) is 42.5 Å². The number of thioether (sulfide) groups is 1. The minimum absolute atomic E-state index is 0.0120. The van der Waals surface area contributed by atoms with E-state index >= 15 is 0 Å². The molecule has 2 aliphatic rings. The van der Waals surface area contributed by atoms with Crippen molar-refractivity contribution in [1.29, 1.82) is 0 Å². The summed E-state index contributed by atoms with van der Waals surface area (Å²) in [5.41, 5.74) is -1.65. The standard InChI is InChI=1S/C26H24F3N3O7S/c1-2-38-21-12-16(6-8-20(21)39-19-9-7-17(26(27,28)29)14-18(19)32(36)37)13-22-24(34)31(25(35)40-22)15-23(33)30-10-4-3-5-11-30/h6-9,12-14H,2-5,10-11,15H2,1H3/b22-13-. The van der Waals surface area contributed by atoms with Gasteiger partial charge in [-0.05, 0) is 73.9 Å². The van der Waals surface area contributed by atoms with E-state index < -0.39 is 39.2 Å². The lowest BCUT2D eigenvalue weighted by molar-refractivity contribution is -0.385. The largest absolute Gasteiger partial charge is 0.490 e. The predicted octanol–water partition coefficient (Wildman–Crippen LogP) is 5.85. The third-order valence-corrected chi connectivity index (χ3v) is 7.05. The maximum absolute atomic E-state index is 13.0. The number of nitrogens with zero attached hydrogens (tertiary/aromatic N) is 3. The van der Waals surface area contributed by atoms with Crippen LogP contribution in [-0.2, 0) is 15.8 Å². The second kappa shape index (κ2) is 12.0. The zero-order chi connectivity index (χ0) is 29.0. The molecule has 0 bridgehead atoms. The first-order chi connectivity index (χ1) is 19.0. The van der Waals surface area contributed by atoms with Crippen LogP contribution in [0, 0.1) is 10.1 Å². The molecular weight excluding hydrogens is 555 g/mol. The fourth-order valence-electron chi connectivity index (χ4n) is 4.17. The molecule has 2 aromatic rings. The summed E-state index contributed by atoms with van der Waals surface area (Å²) < 4.78 is 50.2. The van der Waals surface area contributed by atoms with Gasteiger partial charge in [-0.3, -0.25) is 29.4 Å². The molecule has 2 saturated heterocycles. The van der Waals surface area contributed by atoms with Crippen LogP contribution in [-0.4, -0.2) is 58.0 Å². The third-order valence-electron chi connectivity index (χ3n) is 6.14. The number of alkyl halides is 3. The summed E-state index contributed by atoms with van der Waals surface area (Å²) in [4.78, 5) is 51.0. The number of likely N-dealkylation sites (tertiary alicyclic amines) is 1. The first-order valence-electron chi connectivity index (χ1n) is 12.3. The van der Waals surface area contributed by atoms with Crippen LogP contribution in [0.3, 0.4) is 0 Å². The number of hydrogen-bond acceptors (Lipinski definition) is 8. The van der Waals surface area contributed by atoms with E-state index in [-0.39, 0.29) is 35.5 Å². The minimum atomic E-state index is -4.78. The van der Waals surface area contributed by atoms with Crippen LogP contribution in [0.1, 0.15) is 37.3 Å². The molecule has 0 spiro atoms. The van der Waals surface area contributed by atoms with Crippen molar-refractivity contribution in [2.45, 2.75) is 32.4 Å². The molecular formula is C26H24F3N3O7S. The number of amides is 3. The minimum Gasteiger partial charge on any atom is -0.490 e. The number of imide groups is 1. The Hall–Kier alpha value is -4.07. The van der Waals surface area contributed by atoms with Gasteiger partial charge in [0.15, 0.2) is 11.5 Å². The molecule has 0 aliphatic carbocycles. The molecule has 3 amide bonds. The molecule has 2 aliphatic heterocycles. The molecule has 0 N–H and O–H groups in total. The highest BCUT2D eigenvalue weighted by atomic mass is 32.2. The van der Waals surface area contributed by atoms with Gasteiger partial charge in [0.05, 0.1) is 22.0 Å². The number of nitro groups is 1. The maximum Gasteiger partial charge on any atom is 0.416 e. The van der Waals surface area contributed by atoms with E-state index in [1.165, 1.54) is 24.3 Å². The van der Waals surface area contributed by atoms with Gasteiger partial charge in [-0.2, -0.15) is 13.2 Å². The van der Waals surface area contributed by atoms with E-state index in [9.17, 15) is 37.7 Å². The molecule has 0 atom stereocenters. The van der Waals surface area contributed by atoms with E-state index in [2.05, 4.69) is 0 Å². The van der Waals surface area contributed by atoms with Crippen molar-refractivity contribution in [3.05, 3.63) is 62.5 Å². The van der Waals surface area contributed by atoms with Gasteiger partial charge in [0.2, 0.25) is 11.7 Å². The summed E-state index contributed by atoms with van der Waals surface area (Å²) in [5.74, 6) is -1.24. The summed E-state index contributed by atoms with van der Waals surface area (Å²) in [5, 5.41) is 10.9. The lowest BCUT2D eigenvalue weighted by Gasteiger charge is -2.27. The quantitative estimate of drug-likeness (QED) is 0.217. The molecule has 2 aromatic carbocycles. The second-order valence-electron chi connectivity index (χ2n) is 8.89. The molecule has 4 rings (SSSR count). The Bertz CT molecular complexity index is 1370. The number of hydrogen-bond donors (Lipinski definition) is 0. The Kier molecular flexibility index (Phi) is 8.67. The van der Waals surface area contributed by atoms with Gasteiger partial charge < -0.3 is 14.4 Å². The molecule has 40 heavy (non-hydrogen) atoms. The Morgan fingerprint density at radius 2 is 1.77 bits per heavy atom. The van der Waals surface area contributed by atoms with Crippen molar-refractivity contribution in [3.8, 4) is 17.2 Å². The van der Waals surface area contributed by atoms with Crippen molar-refractivity contribution in [3.63, 3.8) is 0 Å². The summed E-state index contributed by atoms with van der Waals surface area (Å²) >= 11 is 0.689. The van der Waals surface area contributed by atoms with Crippen molar-refractivity contribution >= 4 is 40.6 Å². The van der Waals surface area contributed by atoms with E-state index in [1.54, 1.807) is 11.8 Å². The first-order valence-corrected chi connectivity index (χ1v) is 13.1. The molecule has 0 aromatic heterocycles. The van der Waals surface area contributed by atoms with Gasteiger partial charge in [0, 0.05) is 19.2 Å². The molecule has 14 heteroatoms. The SMILES string of the molecule is CCOc1cc(/C=C2\SC(=O)N(CC(=O)N3CCCCC3)C2=O)ccc1Oc1ccc(C(F)(F)F)cc1[N+](=O)[O-]. The van der Waals surface area contributed by atoms with E-state index in [1.807, 2.05) is 0 Å². The van der Waals surface area contributed by atoms with Gasteiger partial charge in [0.1, 0.15) is 6.54 Å². The number of rotatable bonds is 8. The van der Waals surface area contributed by atoms with Crippen LogP contribution in [0.25, 0.3) is 6.08 Å². The Balaban J connectivity index is 1.55. The van der Waals surface area contributed by atoms with Crippen LogP contribution in [0.5, 0.6) is 17.2 Å². The molecule has 0 saturated carbocycles. The van der Waals surface area contributed by atoms with Gasteiger partial charge in [-0.1, -0.05) is 6.07 Å². The number of halogens is 3. The van der Waals surface area contributed by atoms with Crippen LogP contribution in [0.4, 0.5) is 23.7 Å². The summed E-state index contributed by atoms with van der Waals surface area (Å²) in [7, 11) is 0. The number of piperidine rings is 1. The molecule has 212 valence electrons. The molecule has 2 heterocycles. The highest BCUT2D eigenvalue weighted by molar-refractivity contribution is 8.18. The fraction of sp³-hybridized carbons (Fsp3) is 0.346. The number of carbonyl (C=O) groups is 3. The van der Waals surface area contributed by atoms with E-state index in [0.717, 1.165) is 30.2 Å². The van der Waals surface area contributed by atoms with Gasteiger partial charge in [-0.15, -0.1) is 0 Å². The summed E-state index contributed by atoms with van der Waals surface area (Å²) in [6.07, 6.45) is -0.558. The number of benzene rings is 2. The van der Waals surface area contributed by atoms with Gasteiger partial charge >= 0.3 is 11.9 Å². The lowest BCUT2D eigenvalue weighted by atomic mass is 10.1. The van der Waals surface area contributed by atoms with Gasteiger partial charge in [0.25, 0.3) is 11.1 Å². The second-order valence-corrected chi connectivity index (χ2v) is 9.88. The normalized spacial score (nSPS) is 16.9. The van der Waals surface area contributed by atoms with Crippen LogP contribution >= 0.6 is 11.8 Å². The predicted molar refractivity (Wildman–Crippen MR) is 139 cm³/mol. The van der Waals surface area contributed by atoms with Crippen LogP contribution < -0.4 is 9.47 Å². The maximum atomic E-state index is 13.0.